The molecule has 0 saturated carbocycles. The van der Waals surface area contributed by atoms with Gasteiger partial charge in [-0.25, -0.2) is 0 Å². The normalized spacial score (nSPS) is 10.8. The van der Waals surface area contributed by atoms with E-state index in [0.29, 0.717) is 12.5 Å². The summed E-state index contributed by atoms with van der Waals surface area (Å²) < 4.78 is 6.94. The second-order valence-electron chi connectivity index (χ2n) is 4.66. The van der Waals surface area contributed by atoms with E-state index in [1.54, 1.807) is 0 Å². The molecule has 0 amide bonds. The second kappa shape index (κ2) is 6.46. The molecule has 3 aromatic rings. The van der Waals surface area contributed by atoms with Crippen LogP contribution in [0.5, 0.6) is 5.75 Å². The van der Waals surface area contributed by atoms with Crippen molar-refractivity contribution in [3.05, 3.63) is 70.3 Å². The predicted molar refractivity (Wildman–Crippen MR) is 89.8 cm³/mol. The molecule has 0 N–H and O–H groups in total. The van der Waals surface area contributed by atoms with Crippen LogP contribution in [0.15, 0.2) is 59.2 Å². The van der Waals surface area contributed by atoms with Crippen molar-refractivity contribution in [3.63, 3.8) is 0 Å². The molecule has 0 unspecified atom stereocenters. The number of para-hydroxylation sites is 1. The van der Waals surface area contributed by atoms with E-state index in [1.165, 1.54) is 0 Å². The minimum absolute atomic E-state index is 0.422. The molecule has 21 heavy (non-hydrogen) atoms. The number of aromatic nitrogens is 1. The van der Waals surface area contributed by atoms with Crippen LogP contribution in [0.2, 0.25) is 0 Å². The number of hydrogen-bond donors (Lipinski definition) is 0. The molecule has 0 spiro atoms. The van der Waals surface area contributed by atoms with Crippen LogP contribution in [0, 0.1) is 0 Å². The number of nitrogens with zero attached hydrogens (tertiary/aromatic N) is 1. The topological polar surface area (TPSA) is 22.1 Å². The van der Waals surface area contributed by atoms with Gasteiger partial charge in [-0.2, -0.15) is 0 Å². The number of ether oxygens (including phenoxy) is 1. The van der Waals surface area contributed by atoms with Crippen LogP contribution in [-0.4, -0.2) is 4.98 Å². The lowest BCUT2D eigenvalue weighted by molar-refractivity contribution is 0.305. The predicted octanol–water partition coefficient (Wildman–Crippen LogP) is 5.32. The van der Waals surface area contributed by atoms with Gasteiger partial charge < -0.3 is 4.74 Å². The van der Waals surface area contributed by atoms with Crippen molar-refractivity contribution in [2.45, 2.75) is 12.5 Å². The fourth-order valence-corrected chi connectivity index (χ4v) is 2.85. The molecule has 0 bridgehead atoms. The first-order chi connectivity index (χ1) is 10.3. The molecule has 3 rings (SSSR count). The average molecular weight is 363 g/mol. The fourth-order valence-electron chi connectivity index (χ4n) is 2.23. The Morgan fingerprint density at radius 1 is 1.05 bits per heavy atom. The Bertz CT molecular complexity index is 770. The van der Waals surface area contributed by atoms with Gasteiger partial charge in [0.25, 0.3) is 0 Å². The SMILES string of the molecule is ClCc1cc(Br)ccc1OCc1ccnc2ccccc12. The highest BCUT2D eigenvalue weighted by Crippen LogP contribution is 2.26. The van der Waals surface area contributed by atoms with Gasteiger partial charge in [-0.1, -0.05) is 34.1 Å². The number of hydrogen-bond acceptors (Lipinski definition) is 2. The number of rotatable bonds is 4. The summed E-state index contributed by atoms with van der Waals surface area (Å²) in [5, 5.41) is 1.12. The highest BCUT2D eigenvalue weighted by atomic mass is 79.9. The van der Waals surface area contributed by atoms with Crippen LogP contribution < -0.4 is 4.74 Å². The minimum Gasteiger partial charge on any atom is -0.489 e. The molecule has 106 valence electrons. The van der Waals surface area contributed by atoms with Gasteiger partial charge in [-0.3, -0.25) is 4.98 Å². The van der Waals surface area contributed by atoms with Crippen LogP contribution in [0.4, 0.5) is 0 Å². The van der Waals surface area contributed by atoms with Crippen molar-refractivity contribution in [1.82, 2.24) is 4.98 Å². The Morgan fingerprint density at radius 3 is 2.76 bits per heavy atom. The summed E-state index contributed by atoms with van der Waals surface area (Å²) in [5.74, 6) is 1.24. The van der Waals surface area contributed by atoms with Gasteiger partial charge in [0, 0.05) is 27.2 Å². The van der Waals surface area contributed by atoms with Gasteiger partial charge in [0.1, 0.15) is 12.4 Å². The van der Waals surface area contributed by atoms with Gasteiger partial charge >= 0.3 is 0 Å². The molecule has 0 aliphatic carbocycles. The molecule has 0 aliphatic rings. The Labute approximate surface area is 136 Å². The van der Waals surface area contributed by atoms with E-state index in [0.717, 1.165) is 32.3 Å². The van der Waals surface area contributed by atoms with E-state index in [2.05, 4.69) is 27.0 Å². The van der Waals surface area contributed by atoms with Gasteiger partial charge in [0.15, 0.2) is 0 Å². The lowest BCUT2D eigenvalue weighted by Crippen LogP contribution is -1.99. The van der Waals surface area contributed by atoms with Crippen LogP contribution in [0.25, 0.3) is 10.9 Å². The summed E-state index contributed by atoms with van der Waals surface area (Å²) >= 11 is 9.41. The molecule has 2 nitrogen and oxygen atoms in total. The summed E-state index contributed by atoms with van der Waals surface area (Å²) in [7, 11) is 0. The van der Waals surface area contributed by atoms with Crippen molar-refractivity contribution in [3.8, 4) is 5.75 Å². The molecule has 0 radical (unpaired) electrons. The van der Waals surface area contributed by atoms with E-state index in [4.69, 9.17) is 16.3 Å². The van der Waals surface area contributed by atoms with E-state index in [9.17, 15) is 0 Å². The monoisotopic (exact) mass is 361 g/mol. The van der Waals surface area contributed by atoms with Gasteiger partial charge in [0.2, 0.25) is 0 Å². The smallest absolute Gasteiger partial charge is 0.124 e. The lowest BCUT2D eigenvalue weighted by Gasteiger charge is -2.12. The summed E-state index contributed by atoms with van der Waals surface area (Å²) in [4.78, 5) is 4.36. The standard InChI is InChI=1S/C17H13BrClNO/c18-14-5-6-17(13(9-14)10-19)21-11-12-7-8-20-16-4-2-1-3-15(12)16/h1-9H,10-11H2. The molecular formula is C17H13BrClNO. The summed E-state index contributed by atoms with van der Waals surface area (Å²) in [6.07, 6.45) is 1.81. The van der Waals surface area contributed by atoms with Gasteiger partial charge in [-0.05, 0) is 30.3 Å². The number of alkyl halides is 1. The molecular weight excluding hydrogens is 350 g/mol. The third-order valence-electron chi connectivity index (χ3n) is 3.29. The van der Waals surface area contributed by atoms with E-state index >= 15 is 0 Å². The zero-order valence-electron chi connectivity index (χ0n) is 11.2. The Balaban J connectivity index is 1.87. The summed E-state index contributed by atoms with van der Waals surface area (Å²) in [6, 6.07) is 15.9. The van der Waals surface area contributed by atoms with Crippen molar-refractivity contribution in [2.75, 3.05) is 0 Å². The summed E-state index contributed by atoms with van der Waals surface area (Å²) in [5.41, 5.74) is 3.07. The van der Waals surface area contributed by atoms with Gasteiger partial charge in [-0.15, -0.1) is 11.6 Å². The maximum absolute atomic E-state index is 5.97. The zero-order chi connectivity index (χ0) is 14.7. The molecule has 0 saturated heterocycles. The van der Waals surface area contributed by atoms with Crippen LogP contribution in [0.1, 0.15) is 11.1 Å². The first-order valence-electron chi connectivity index (χ1n) is 6.58. The molecule has 0 aliphatic heterocycles. The first kappa shape index (κ1) is 14.4. The number of benzene rings is 2. The number of fused-ring (bicyclic) bond motifs is 1. The Hall–Kier alpha value is -1.58. The number of pyridine rings is 1. The Morgan fingerprint density at radius 2 is 1.90 bits per heavy atom. The average Bonchev–Trinajstić information content (AvgIpc) is 2.53. The van der Waals surface area contributed by atoms with E-state index in [1.807, 2.05) is 48.7 Å². The summed E-state index contributed by atoms with van der Waals surface area (Å²) in [6.45, 7) is 0.495. The number of halogens is 2. The Kier molecular flexibility index (Phi) is 4.42. The zero-order valence-corrected chi connectivity index (χ0v) is 13.6. The van der Waals surface area contributed by atoms with E-state index in [-0.39, 0.29) is 0 Å². The third-order valence-corrected chi connectivity index (χ3v) is 4.07. The quantitative estimate of drug-likeness (QED) is 0.586. The van der Waals surface area contributed by atoms with Gasteiger partial charge in [0.05, 0.1) is 11.4 Å². The molecule has 2 aromatic carbocycles. The maximum Gasteiger partial charge on any atom is 0.124 e. The minimum atomic E-state index is 0.422. The van der Waals surface area contributed by atoms with Crippen molar-refractivity contribution < 1.29 is 4.74 Å². The van der Waals surface area contributed by atoms with Crippen molar-refractivity contribution >= 4 is 38.4 Å². The highest BCUT2D eigenvalue weighted by Gasteiger charge is 2.06. The van der Waals surface area contributed by atoms with E-state index < -0.39 is 0 Å². The van der Waals surface area contributed by atoms with Crippen molar-refractivity contribution in [1.29, 1.82) is 0 Å². The van der Waals surface area contributed by atoms with Crippen LogP contribution >= 0.6 is 27.5 Å². The first-order valence-corrected chi connectivity index (χ1v) is 7.90. The highest BCUT2D eigenvalue weighted by molar-refractivity contribution is 9.10. The maximum atomic E-state index is 5.97. The lowest BCUT2D eigenvalue weighted by atomic mass is 10.1. The molecule has 1 heterocycles. The fraction of sp³-hybridized carbons (Fsp3) is 0.118. The largest absolute Gasteiger partial charge is 0.489 e. The van der Waals surface area contributed by atoms with Crippen LogP contribution in [0.3, 0.4) is 0 Å². The molecule has 0 atom stereocenters. The van der Waals surface area contributed by atoms with Crippen molar-refractivity contribution in [2.24, 2.45) is 0 Å². The van der Waals surface area contributed by atoms with Crippen LogP contribution in [-0.2, 0) is 12.5 Å². The molecule has 0 fully saturated rings. The molecule has 4 heteroatoms. The second-order valence-corrected chi connectivity index (χ2v) is 5.84. The third kappa shape index (κ3) is 3.20. The molecule has 1 aromatic heterocycles.